The number of nitrogens with zero attached hydrogens (tertiary/aromatic N) is 2. The molecule has 1 heterocycles. The summed E-state index contributed by atoms with van der Waals surface area (Å²) < 4.78 is 0. The zero-order valence-electron chi connectivity index (χ0n) is 10.0. The molecule has 0 amide bonds. The molecule has 88 valence electrons. The maximum atomic E-state index is 4.24. The first-order valence-electron chi connectivity index (χ1n) is 6.35. The summed E-state index contributed by atoms with van der Waals surface area (Å²) in [6.45, 7) is 3.16. The fourth-order valence-electron chi connectivity index (χ4n) is 2.44. The van der Waals surface area contributed by atoms with Crippen LogP contribution in [0.2, 0.25) is 0 Å². The molecule has 1 aromatic heterocycles. The summed E-state index contributed by atoms with van der Waals surface area (Å²) in [6, 6.07) is 2.50. The van der Waals surface area contributed by atoms with E-state index >= 15 is 0 Å². The van der Waals surface area contributed by atoms with E-state index in [4.69, 9.17) is 0 Å². The number of hydrogen-bond donors (Lipinski definition) is 1. The molecular weight excluding hydrogens is 198 g/mol. The Kier molecular flexibility index (Phi) is 4.28. The summed E-state index contributed by atoms with van der Waals surface area (Å²) in [5.74, 6) is 1.69. The summed E-state index contributed by atoms with van der Waals surface area (Å²) >= 11 is 0. The molecular formula is C13H21N3. The van der Waals surface area contributed by atoms with E-state index in [2.05, 4.69) is 22.2 Å². The standard InChI is InChI=1S/C13H21N3/c1-11-6-3-2-4-7-12(11)16-10-13-14-8-5-9-15-13/h5,8-9,11-12,16H,2-4,6-7,10H2,1H3. The summed E-state index contributed by atoms with van der Waals surface area (Å²) in [7, 11) is 0. The molecule has 1 aliphatic rings. The molecule has 1 saturated carbocycles. The summed E-state index contributed by atoms with van der Waals surface area (Å²) in [4.78, 5) is 8.48. The highest BCUT2D eigenvalue weighted by atomic mass is 15.0. The SMILES string of the molecule is CC1CCCCCC1NCc1ncccn1. The van der Waals surface area contributed by atoms with Gasteiger partial charge in [0.1, 0.15) is 5.82 Å². The van der Waals surface area contributed by atoms with Crippen molar-refractivity contribution in [2.75, 3.05) is 0 Å². The number of nitrogens with one attached hydrogen (secondary N) is 1. The lowest BCUT2D eigenvalue weighted by Gasteiger charge is -2.22. The molecule has 0 bridgehead atoms. The van der Waals surface area contributed by atoms with Crippen molar-refractivity contribution in [3.8, 4) is 0 Å². The zero-order valence-corrected chi connectivity index (χ0v) is 10.0. The van der Waals surface area contributed by atoms with Gasteiger partial charge in [0, 0.05) is 18.4 Å². The molecule has 1 fully saturated rings. The Balaban J connectivity index is 1.84. The lowest BCUT2D eigenvalue weighted by molar-refractivity contribution is 0.353. The van der Waals surface area contributed by atoms with Crippen LogP contribution < -0.4 is 5.32 Å². The van der Waals surface area contributed by atoms with Gasteiger partial charge in [0.2, 0.25) is 0 Å². The van der Waals surface area contributed by atoms with Crippen LogP contribution in [0.1, 0.15) is 44.9 Å². The number of hydrogen-bond acceptors (Lipinski definition) is 3. The van der Waals surface area contributed by atoms with Crippen molar-refractivity contribution in [1.82, 2.24) is 15.3 Å². The van der Waals surface area contributed by atoms with Gasteiger partial charge in [0.05, 0.1) is 6.54 Å². The monoisotopic (exact) mass is 219 g/mol. The van der Waals surface area contributed by atoms with Crippen molar-refractivity contribution in [2.45, 2.75) is 51.6 Å². The Morgan fingerprint density at radius 1 is 1.19 bits per heavy atom. The van der Waals surface area contributed by atoms with Gasteiger partial charge in [-0.25, -0.2) is 9.97 Å². The van der Waals surface area contributed by atoms with Crippen molar-refractivity contribution in [2.24, 2.45) is 5.92 Å². The Bertz CT molecular complexity index is 299. The number of aromatic nitrogens is 2. The van der Waals surface area contributed by atoms with Gasteiger partial charge in [-0.2, -0.15) is 0 Å². The quantitative estimate of drug-likeness (QED) is 0.794. The third-order valence-corrected chi connectivity index (χ3v) is 3.50. The second-order valence-corrected chi connectivity index (χ2v) is 4.77. The predicted octanol–water partition coefficient (Wildman–Crippen LogP) is 2.54. The normalized spacial score (nSPS) is 26.3. The van der Waals surface area contributed by atoms with E-state index in [1.54, 1.807) is 12.4 Å². The molecule has 0 saturated heterocycles. The van der Waals surface area contributed by atoms with Crippen LogP contribution in [-0.4, -0.2) is 16.0 Å². The first-order valence-corrected chi connectivity index (χ1v) is 6.35. The van der Waals surface area contributed by atoms with Gasteiger partial charge in [-0.1, -0.05) is 26.2 Å². The molecule has 2 rings (SSSR count). The van der Waals surface area contributed by atoms with Gasteiger partial charge in [0.25, 0.3) is 0 Å². The van der Waals surface area contributed by atoms with Gasteiger partial charge in [-0.05, 0) is 24.8 Å². The lowest BCUT2D eigenvalue weighted by atomic mass is 9.97. The fraction of sp³-hybridized carbons (Fsp3) is 0.692. The van der Waals surface area contributed by atoms with Crippen molar-refractivity contribution in [1.29, 1.82) is 0 Å². The summed E-state index contributed by atoms with van der Waals surface area (Å²) in [6.07, 6.45) is 10.4. The highest BCUT2D eigenvalue weighted by Gasteiger charge is 2.19. The molecule has 0 aromatic carbocycles. The topological polar surface area (TPSA) is 37.8 Å². The third-order valence-electron chi connectivity index (χ3n) is 3.50. The highest BCUT2D eigenvalue weighted by Crippen LogP contribution is 2.22. The summed E-state index contributed by atoms with van der Waals surface area (Å²) in [5, 5.41) is 3.60. The van der Waals surface area contributed by atoms with Crippen LogP contribution in [0.5, 0.6) is 0 Å². The molecule has 3 heteroatoms. The first-order chi connectivity index (χ1) is 7.86. The minimum Gasteiger partial charge on any atom is -0.307 e. The molecule has 1 N–H and O–H groups in total. The minimum absolute atomic E-state index is 0.645. The Morgan fingerprint density at radius 3 is 2.75 bits per heavy atom. The van der Waals surface area contributed by atoms with Crippen LogP contribution >= 0.6 is 0 Å². The Hall–Kier alpha value is -0.960. The molecule has 3 nitrogen and oxygen atoms in total. The molecule has 1 aliphatic carbocycles. The van der Waals surface area contributed by atoms with Crippen LogP contribution in [0.15, 0.2) is 18.5 Å². The van der Waals surface area contributed by atoms with Crippen molar-refractivity contribution < 1.29 is 0 Å². The van der Waals surface area contributed by atoms with E-state index in [1.807, 2.05) is 6.07 Å². The van der Waals surface area contributed by atoms with Crippen LogP contribution in [0.3, 0.4) is 0 Å². The molecule has 0 radical (unpaired) electrons. The molecule has 2 atom stereocenters. The molecule has 16 heavy (non-hydrogen) atoms. The van der Waals surface area contributed by atoms with Crippen molar-refractivity contribution >= 4 is 0 Å². The minimum atomic E-state index is 0.645. The molecule has 2 unspecified atom stereocenters. The average molecular weight is 219 g/mol. The second-order valence-electron chi connectivity index (χ2n) is 4.77. The van der Waals surface area contributed by atoms with Crippen LogP contribution in [0.25, 0.3) is 0 Å². The maximum absolute atomic E-state index is 4.24. The third kappa shape index (κ3) is 3.27. The van der Waals surface area contributed by atoms with Crippen molar-refractivity contribution in [3.63, 3.8) is 0 Å². The molecule has 0 aliphatic heterocycles. The molecule has 0 spiro atoms. The van der Waals surface area contributed by atoms with Crippen LogP contribution in [0.4, 0.5) is 0 Å². The van der Waals surface area contributed by atoms with Crippen LogP contribution in [-0.2, 0) is 6.54 Å². The van der Waals surface area contributed by atoms with E-state index in [9.17, 15) is 0 Å². The van der Waals surface area contributed by atoms with E-state index in [1.165, 1.54) is 32.1 Å². The first kappa shape index (κ1) is 11.5. The van der Waals surface area contributed by atoms with Gasteiger partial charge in [-0.3, -0.25) is 0 Å². The van der Waals surface area contributed by atoms with Gasteiger partial charge < -0.3 is 5.32 Å². The average Bonchev–Trinajstić information content (AvgIpc) is 2.53. The Labute approximate surface area is 97.7 Å². The lowest BCUT2D eigenvalue weighted by Crippen LogP contribution is -2.34. The maximum Gasteiger partial charge on any atom is 0.141 e. The summed E-state index contributed by atoms with van der Waals surface area (Å²) in [5.41, 5.74) is 0. The highest BCUT2D eigenvalue weighted by molar-refractivity contribution is 4.89. The van der Waals surface area contributed by atoms with E-state index in [0.717, 1.165) is 18.3 Å². The van der Waals surface area contributed by atoms with E-state index in [0.29, 0.717) is 6.04 Å². The van der Waals surface area contributed by atoms with Crippen molar-refractivity contribution in [3.05, 3.63) is 24.3 Å². The van der Waals surface area contributed by atoms with Gasteiger partial charge in [-0.15, -0.1) is 0 Å². The van der Waals surface area contributed by atoms with Crippen LogP contribution in [0, 0.1) is 5.92 Å². The number of rotatable bonds is 3. The largest absolute Gasteiger partial charge is 0.307 e. The fourth-order valence-corrected chi connectivity index (χ4v) is 2.44. The smallest absolute Gasteiger partial charge is 0.141 e. The zero-order chi connectivity index (χ0) is 11.2. The molecule has 1 aromatic rings. The van der Waals surface area contributed by atoms with Gasteiger partial charge in [0.15, 0.2) is 0 Å². The van der Waals surface area contributed by atoms with Gasteiger partial charge >= 0.3 is 0 Å². The predicted molar refractivity (Wildman–Crippen MR) is 64.9 cm³/mol. The Morgan fingerprint density at radius 2 is 1.94 bits per heavy atom. The van der Waals surface area contributed by atoms with E-state index in [-0.39, 0.29) is 0 Å². The van der Waals surface area contributed by atoms with E-state index < -0.39 is 0 Å². The second kappa shape index (κ2) is 5.94.